The molecule has 3 N–H and O–H groups in total. The van der Waals surface area contributed by atoms with Crippen molar-refractivity contribution in [3.63, 3.8) is 0 Å². The Balaban J connectivity index is 1.91. The van der Waals surface area contributed by atoms with Gasteiger partial charge in [0.05, 0.1) is 5.88 Å². The van der Waals surface area contributed by atoms with Gasteiger partial charge in [0.15, 0.2) is 0 Å². The largest absolute Gasteiger partial charge is 0.386 e. The van der Waals surface area contributed by atoms with Gasteiger partial charge in [0.1, 0.15) is 12.4 Å². The monoisotopic (exact) mass is 339 g/mol. The smallest absolute Gasteiger partial charge is 0.296 e. The van der Waals surface area contributed by atoms with Gasteiger partial charge in [-0.1, -0.05) is 54.5 Å². The fourth-order valence-electron chi connectivity index (χ4n) is 2.02. The first-order chi connectivity index (χ1) is 11.7. The van der Waals surface area contributed by atoms with Gasteiger partial charge >= 0.3 is 0 Å². The van der Waals surface area contributed by atoms with Crippen molar-refractivity contribution in [2.75, 3.05) is 12.4 Å². The minimum Gasteiger partial charge on any atom is -0.386 e. The van der Waals surface area contributed by atoms with Gasteiger partial charge in [-0.3, -0.25) is 9.79 Å². The van der Waals surface area contributed by atoms with E-state index in [0.717, 1.165) is 16.7 Å². The Kier molecular flexibility index (Phi) is 6.88. The second-order valence-electron chi connectivity index (χ2n) is 4.99. The Morgan fingerprint density at radius 3 is 2.62 bits per heavy atom. The number of nitrogens with zero attached hydrogens (tertiary/aromatic N) is 1. The normalized spacial score (nSPS) is 10.6. The van der Waals surface area contributed by atoms with Crippen LogP contribution in [0.1, 0.15) is 5.56 Å². The lowest BCUT2D eigenvalue weighted by Gasteiger charge is -2.06. The van der Waals surface area contributed by atoms with Crippen LogP contribution in [0.5, 0.6) is 0 Å². The molecule has 1 amide bonds. The van der Waals surface area contributed by atoms with Crippen LogP contribution in [0.2, 0.25) is 0 Å². The number of nitrogens with two attached hydrogens (primary N) is 1. The van der Waals surface area contributed by atoms with Crippen LogP contribution in [0, 0.1) is 11.8 Å². The maximum atomic E-state index is 11.7. The van der Waals surface area contributed by atoms with E-state index in [1.54, 1.807) is 0 Å². The molecule has 0 unspecified atom stereocenters. The number of benzene rings is 2. The van der Waals surface area contributed by atoms with E-state index in [-0.39, 0.29) is 18.3 Å². The van der Waals surface area contributed by atoms with E-state index >= 15 is 0 Å². The number of carbonyl (C=O) groups is 1. The first-order valence-corrected chi connectivity index (χ1v) is 7.98. The number of carbonyl (C=O) groups excluding carboxylic acids is 1. The molecule has 24 heavy (non-hydrogen) atoms. The molecule has 5 heteroatoms. The average Bonchev–Trinajstić information content (AvgIpc) is 2.64. The highest BCUT2D eigenvalue weighted by molar-refractivity contribution is 6.27. The van der Waals surface area contributed by atoms with E-state index < -0.39 is 0 Å². The molecular weight excluding hydrogens is 322 g/mol. The van der Waals surface area contributed by atoms with E-state index in [4.69, 9.17) is 17.3 Å². The Bertz CT molecular complexity index is 776. The van der Waals surface area contributed by atoms with Crippen molar-refractivity contribution in [1.29, 1.82) is 0 Å². The number of halogens is 1. The molecule has 0 saturated heterocycles. The number of rotatable bonds is 5. The van der Waals surface area contributed by atoms with Crippen molar-refractivity contribution in [2.24, 2.45) is 10.7 Å². The fraction of sp³-hybridized carbons (Fsp3) is 0.158. The highest BCUT2D eigenvalue weighted by atomic mass is 35.5. The highest BCUT2D eigenvalue weighted by Gasteiger charge is 2.00. The molecule has 0 aliphatic carbocycles. The standard InChI is InChI=1S/C19H18ClN3O/c20-13-18(21)22-11-5-10-19(24)23-14-15-6-4-9-17(12-15)16-7-2-1-3-8-16/h1-4,6-9,12H,11,13-14H2,(H2,21,22)(H,23,24). The molecule has 2 aromatic carbocycles. The van der Waals surface area contributed by atoms with Gasteiger partial charge in [0.25, 0.3) is 5.91 Å². The molecule has 0 spiro atoms. The molecule has 0 aliphatic heterocycles. The van der Waals surface area contributed by atoms with E-state index in [0.29, 0.717) is 12.4 Å². The minimum atomic E-state index is -0.347. The molecule has 0 aromatic heterocycles. The molecule has 0 atom stereocenters. The van der Waals surface area contributed by atoms with Crippen LogP contribution in [0.15, 0.2) is 59.6 Å². The van der Waals surface area contributed by atoms with Crippen LogP contribution in [0.25, 0.3) is 11.1 Å². The summed E-state index contributed by atoms with van der Waals surface area (Å²) >= 11 is 5.48. The van der Waals surface area contributed by atoms with Crippen molar-refractivity contribution in [3.05, 3.63) is 60.2 Å². The van der Waals surface area contributed by atoms with Gasteiger partial charge in [0, 0.05) is 6.54 Å². The zero-order valence-electron chi connectivity index (χ0n) is 13.1. The molecule has 2 rings (SSSR count). The van der Waals surface area contributed by atoms with Gasteiger partial charge in [-0.25, -0.2) is 0 Å². The van der Waals surface area contributed by atoms with Crippen LogP contribution < -0.4 is 11.1 Å². The zero-order valence-corrected chi connectivity index (χ0v) is 13.9. The predicted octanol–water partition coefficient (Wildman–Crippen LogP) is 2.57. The average molecular weight is 340 g/mol. The molecule has 2 aromatic rings. The Morgan fingerprint density at radius 1 is 1.12 bits per heavy atom. The number of aliphatic imine (C=N–C) groups is 1. The lowest BCUT2D eigenvalue weighted by atomic mass is 10.0. The number of hydrogen-bond acceptors (Lipinski definition) is 2. The third-order valence-corrected chi connectivity index (χ3v) is 3.46. The summed E-state index contributed by atoms with van der Waals surface area (Å²) < 4.78 is 0. The van der Waals surface area contributed by atoms with E-state index in [1.807, 2.05) is 36.4 Å². The quantitative estimate of drug-likeness (QED) is 0.380. The SMILES string of the molecule is NC(CCl)=NCC#CC(=O)NCc1cccc(-c2ccccc2)c1. The van der Waals surface area contributed by atoms with Crippen molar-refractivity contribution in [3.8, 4) is 23.0 Å². The van der Waals surface area contributed by atoms with E-state index in [1.165, 1.54) is 0 Å². The Hall–Kier alpha value is -2.77. The third-order valence-electron chi connectivity index (χ3n) is 3.19. The first-order valence-electron chi connectivity index (χ1n) is 7.45. The second kappa shape index (κ2) is 9.39. The summed E-state index contributed by atoms with van der Waals surface area (Å²) in [5.74, 6) is 5.23. The van der Waals surface area contributed by atoms with Crippen molar-refractivity contribution < 1.29 is 4.79 Å². The van der Waals surface area contributed by atoms with Gasteiger partial charge in [-0.2, -0.15) is 0 Å². The summed E-state index contributed by atoms with van der Waals surface area (Å²) in [7, 11) is 0. The number of nitrogens with one attached hydrogen (secondary N) is 1. The van der Waals surface area contributed by atoms with Crippen LogP contribution >= 0.6 is 11.6 Å². The topological polar surface area (TPSA) is 67.5 Å². The van der Waals surface area contributed by atoms with Gasteiger partial charge in [0.2, 0.25) is 0 Å². The molecule has 0 radical (unpaired) electrons. The molecule has 122 valence electrons. The maximum Gasteiger partial charge on any atom is 0.296 e. The lowest BCUT2D eigenvalue weighted by molar-refractivity contribution is -0.115. The number of hydrogen-bond donors (Lipinski definition) is 2. The number of amidine groups is 1. The van der Waals surface area contributed by atoms with Gasteiger partial charge in [-0.15, -0.1) is 11.6 Å². The highest BCUT2D eigenvalue weighted by Crippen LogP contribution is 2.19. The predicted molar refractivity (Wildman–Crippen MR) is 98.7 cm³/mol. The van der Waals surface area contributed by atoms with Crippen molar-refractivity contribution in [2.45, 2.75) is 6.54 Å². The van der Waals surface area contributed by atoms with Crippen LogP contribution in [-0.2, 0) is 11.3 Å². The van der Waals surface area contributed by atoms with Gasteiger partial charge in [-0.05, 0) is 28.7 Å². The zero-order chi connectivity index (χ0) is 17.2. The van der Waals surface area contributed by atoms with Crippen LogP contribution in [-0.4, -0.2) is 24.2 Å². The summed E-state index contributed by atoms with van der Waals surface area (Å²) in [4.78, 5) is 15.6. The molecule has 0 bridgehead atoms. The molecule has 0 heterocycles. The molecule has 0 fully saturated rings. The lowest BCUT2D eigenvalue weighted by Crippen LogP contribution is -2.20. The third kappa shape index (κ3) is 5.79. The summed E-state index contributed by atoms with van der Waals surface area (Å²) in [6, 6.07) is 18.1. The summed E-state index contributed by atoms with van der Waals surface area (Å²) in [6.07, 6.45) is 0. The number of amides is 1. The molecule has 0 saturated carbocycles. The Labute approximate surface area is 146 Å². The Morgan fingerprint density at radius 2 is 1.88 bits per heavy atom. The van der Waals surface area contributed by atoms with Crippen molar-refractivity contribution >= 4 is 23.3 Å². The van der Waals surface area contributed by atoms with Gasteiger partial charge < -0.3 is 11.1 Å². The maximum absolute atomic E-state index is 11.7. The van der Waals surface area contributed by atoms with E-state index in [9.17, 15) is 4.79 Å². The molecular formula is C19H18ClN3O. The second-order valence-corrected chi connectivity index (χ2v) is 5.26. The minimum absolute atomic E-state index is 0.158. The number of alkyl halides is 1. The first kappa shape index (κ1) is 17.6. The molecule has 4 nitrogen and oxygen atoms in total. The molecule has 0 aliphatic rings. The van der Waals surface area contributed by atoms with Crippen LogP contribution in [0.4, 0.5) is 0 Å². The van der Waals surface area contributed by atoms with Crippen molar-refractivity contribution in [1.82, 2.24) is 5.32 Å². The summed E-state index contributed by atoms with van der Waals surface area (Å²) in [6.45, 7) is 0.580. The summed E-state index contributed by atoms with van der Waals surface area (Å²) in [5.41, 5.74) is 8.70. The fourth-order valence-corrected chi connectivity index (χ4v) is 2.11. The summed E-state index contributed by atoms with van der Waals surface area (Å²) in [5, 5.41) is 2.76. The van der Waals surface area contributed by atoms with Crippen LogP contribution in [0.3, 0.4) is 0 Å². The van der Waals surface area contributed by atoms with E-state index in [2.05, 4.69) is 40.3 Å².